The lowest BCUT2D eigenvalue weighted by Gasteiger charge is -2.12. The number of aryl methyl sites for hydroxylation is 4. The van der Waals surface area contributed by atoms with Crippen molar-refractivity contribution in [1.82, 2.24) is 0 Å². The van der Waals surface area contributed by atoms with E-state index >= 15 is 0 Å². The Balaban J connectivity index is 1.75. The Morgan fingerprint density at radius 1 is 0.769 bits per heavy atom. The van der Waals surface area contributed by atoms with Gasteiger partial charge < -0.3 is 4.74 Å². The molecular formula is C24H25NO. The molecule has 0 saturated carbocycles. The van der Waals surface area contributed by atoms with E-state index in [2.05, 4.69) is 88.4 Å². The number of nitrogens with zero attached hydrogens (tertiary/aromatic N) is 1. The van der Waals surface area contributed by atoms with Gasteiger partial charge in [-0.1, -0.05) is 54.6 Å². The number of hydrogen-bond donors (Lipinski definition) is 0. The fraction of sp³-hybridized carbons (Fsp3) is 0.208. The second kappa shape index (κ2) is 8.01. The molecule has 132 valence electrons. The molecule has 0 saturated heterocycles. The predicted molar refractivity (Wildman–Crippen MR) is 110 cm³/mol. The minimum Gasteiger partial charge on any atom is -0.488 e. The molecule has 2 heteroatoms. The molecule has 2 nitrogen and oxygen atoms in total. The minimum absolute atomic E-state index is 0.552. The third kappa shape index (κ3) is 4.20. The van der Waals surface area contributed by atoms with E-state index in [4.69, 9.17) is 9.73 Å². The van der Waals surface area contributed by atoms with Crippen LogP contribution in [0.1, 0.15) is 33.4 Å². The van der Waals surface area contributed by atoms with E-state index < -0.39 is 0 Å². The molecule has 0 heterocycles. The van der Waals surface area contributed by atoms with Gasteiger partial charge in [0.2, 0.25) is 0 Å². The summed E-state index contributed by atoms with van der Waals surface area (Å²) in [6.45, 7) is 8.89. The topological polar surface area (TPSA) is 21.6 Å². The van der Waals surface area contributed by atoms with Crippen molar-refractivity contribution in [2.75, 3.05) is 0 Å². The zero-order valence-electron chi connectivity index (χ0n) is 15.9. The largest absolute Gasteiger partial charge is 0.488 e. The molecule has 0 aromatic heterocycles. The molecule has 0 unspecified atom stereocenters. The Morgan fingerprint density at radius 3 is 2.00 bits per heavy atom. The Labute approximate surface area is 156 Å². The highest BCUT2D eigenvalue weighted by Crippen LogP contribution is 2.24. The molecular weight excluding hydrogens is 318 g/mol. The summed E-state index contributed by atoms with van der Waals surface area (Å²) in [5, 5.41) is 0. The van der Waals surface area contributed by atoms with Crippen LogP contribution >= 0.6 is 0 Å². The highest BCUT2D eigenvalue weighted by atomic mass is 16.5. The maximum Gasteiger partial charge on any atom is 0.125 e. The number of rotatable bonds is 5. The second-order valence-electron chi connectivity index (χ2n) is 6.75. The molecule has 3 aromatic rings. The molecule has 0 aliphatic rings. The van der Waals surface area contributed by atoms with Gasteiger partial charge in [0.25, 0.3) is 0 Å². The number of ether oxygens (including phenoxy) is 1. The number of aliphatic imine (C=N–C) groups is 1. The van der Waals surface area contributed by atoms with Crippen LogP contribution in [0, 0.1) is 27.7 Å². The van der Waals surface area contributed by atoms with Crippen molar-refractivity contribution >= 4 is 11.9 Å². The average Bonchev–Trinajstić information content (AvgIpc) is 2.61. The Kier molecular flexibility index (Phi) is 5.52. The van der Waals surface area contributed by atoms with Gasteiger partial charge in [0.15, 0.2) is 0 Å². The van der Waals surface area contributed by atoms with Crippen LogP contribution in [0.4, 0.5) is 5.69 Å². The maximum absolute atomic E-state index is 6.07. The standard InChI is InChI=1S/C24H25NO/c1-17-8-5-9-18(2)23(17)25-15-21-12-7-13-22(14-21)16-26-24-19(3)10-6-11-20(24)4/h5-15H,16H2,1-4H3. The van der Waals surface area contributed by atoms with E-state index in [0.29, 0.717) is 6.61 Å². The fourth-order valence-electron chi connectivity index (χ4n) is 3.09. The molecule has 3 aromatic carbocycles. The van der Waals surface area contributed by atoms with Gasteiger partial charge in [-0.2, -0.15) is 0 Å². The quantitative estimate of drug-likeness (QED) is 0.502. The Bertz CT molecular complexity index is 900. The van der Waals surface area contributed by atoms with E-state index in [1.807, 2.05) is 6.21 Å². The van der Waals surface area contributed by atoms with Gasteiger partial charge in [-0.25, -0.2) is 0 Å². The third-order valence-corrected chi connectivity index (χ3v) is 4.53. The molecule has 0 aliphatic heterocycles. The van der Waals surface area contributed by atoms with Crippen LogP contribution in [0.5, 0.6) is 5.75 Å². The van der Waals surface area contributed by atoms with Crippen LogP contribution in [0.3, 0.4) is 0 Å². The van der Waals surface area contributed by atoms with Crippen molar-refractivity contribution in [1.29, 1.82) is 0 Å². The average molecular weight is 343 g/mol. The van der Waals surface area contributed by atoms with Crippen molar-refractivity contribution in [3.63, 3.8) is 0 Å². The van der Waals surface area contributed by atoms with Crippen LogP contribution in [-0.4, -0.2) is 6.21 Å². The van der Waals surface area contributed by atoms with Gasteiger partial charge in [0.05, 0.1) is 5.69 Å². The molecule has 0 amide bonds. The summed E-state index contributed by atoms with van der Waals surface area (Å²) in [4.78, 5) is 4.70. The molecule has 0 bridgehead atoms. The van der Waals surface area contributed by atoms with E-state index in [1.54, 1.807) is 0 Å². The SMILES string of the molecule is Cc1cccc(C)c1N=Cc1cccc(COc2c(C)cccc2C)c1. The summed E-state index contributed by atoms with van der Waals surface area (Å²) in [5.74, 6) is 0.974. The van der Waals surface area contributed by atoms with Gasteiger partial charge in [-0.05, 0) is 67.1 Å². The van der Waals surface area contributed by atoms with Gasteiger partial charge in [0.1, 0.15) is 12.4 Å². The fourth-order valence-corrected chi connectivity index (χ4v) is 3.09. The second-order valence-corrected chi connectivity index (χ2v) is 6.75. The normalized spacial score (nSPS) is 11.1. The Hall–Kier alpha value is -2.87. The zero-order chi connectivity index (χ0) is 18.5. The van der Waals surface area contributed by atoms with Gasteiger partial charge in [0, 0.05) is 6.21 Å². The van der Waals surface area contributed by atoms with E-state index in [1.165, 1.54) is 11.1 Å². The van der Waals surface area contributed by atoms with Crippen molar-refractivity contribution in [3.05, 3.63) is 94.0 Å². The van der Waals surface area contributed by atoms with Gasteiger partial charge in [-0.15, -0.1) is 0 Å². The van der Waals surface area contributed by atoms with Crippen LogP contribution in [-0.2, 0) is 6.61 Å². The maximum atomic E-state index is 6.07. The first-order valence-electron chi connectivity index (χ1n) is 8.93. The molecule has 0 fully saturated rings. The predicted octanol–water partition coefficient (Wildman–Crippen LogP) is 6.25. The summed E-state index contributed by atoms with van der Waals surface area (Å²) in [6.07, 6.45) is 1.93. The first kappa shape index (κ1) is 17.9. The lowest BCUT2D eigenvalue weighted by atomic mass is 10.1. The highest BCUT2D eigenvalue weighted by Gasteiger charge is 2.04. The summed E-state index contributed by atoms with van der Waals surface area (Å²) in [6, 6.07) is 20.8. The minimum atomic E-state index is 0.552. The summed E-state index contributed by atoms with van der Waals surface area (Å²) in [7, 11) is 0. The number of benzene rings is 3. The summed E-state index contributed by atoms with van der Waals surface area (Å²) < 4.78 is 6.07. The molecule has 26 heavy (non-hydrogen) atoms. The summed E-state index contributed by atoms with van der Waals surface area (Å²) in [5.41, 5.74) is 7.97. The molecule has 0 aliphatic carbocycles. The van der Waals surface area contributed by atoms with Gasteiger partial charge >= 0.3 is 0 Å². The van der Waals surface area contributed by atoms with Crippen LogP contribution in [0.2, 0.25) is 0 Å². The zero-order valence-corrected chi connectivity index (χ0v) is 15.9. The van der Waals surface area contributed by atoms with E-state index in [9.17, 15) is 0 Å². The van der Waals surface area contributed by atoms with Crippen molar-refractivity contribution < 1.29 is 4.74 Å². The molecule has 0 atom stereocenters. The first-order valence-corrected chi connectivity index (χ1v) is 8.93. The van der Waals surface area contributed by atoms with Crippen molar-refractivity contribution in [2.24, 2.45) is 4.99 Å². The molecule has 0 radical (unpaired) electrons. The van der Waals surface area contributed by atoms with Crippen LogP contribution in [0.25, 0.3) is 0 Å². The lowest BCUT2D eigenvalue weighted by molar-refractivity contribution is 0.302. The monoisotopic (exact) mass is 343 g/mol. The van der Waals surface area contributed by atoms with Crippen molar-refractivity contribution in [2.45, 2.75) is 34.3 Å². The van der Waals surface area contributed by atoms with Gasteiger partial charge in [-0.3, -0.25) is 4.99 Å². The third-order valence-electron chi connectivity index (χ3n) is 4.53. The van der Waals surface area contributed by atoms with E-state index in [-0.39, 0.29) is 0 Å². The van der Waals surface area contributed by atoms with Crippen molar-refractivity contribution in [3.8, 4) is 5.75 Å². The number of hydrogen-bond acceptors (Lipinski definition) is 2. The Morgan fingerprint density at radius 2 is 1.35 bits per heavy atom. The number of para-hydroxylation sites is 2. The van der Waals surface area contributed by atoms with E-state index in [0.717, 1.165) is 33.7 Å². The molecule has 3 rings (SSSR count). The highest BCUT2D eigenvalue weighted by molar-refractivity contribution is 5.83. The molecule has 0 spiro atoms. The molecule has 0 N–H and O–H groups in total. The summed E-state index contributed by atoms with van der Waals surface area (Å²) >= 11 is 0. The smallest absolute Gasteiger partial charge is 0.125 e. The first-order chi connectivity index (χ1) is 12.5. The van der Waals surface area contributed by atoms with Crippen LogP contribution in [0.15, 0.2) is 65.7 Å². The lowest BCUT2D eigenvalue weighted by Crippen LogP contribution is -1.99. The van der Waals surface area contributed by atoms with Crippen LogP contribution < -0.4 is 4.74 Å².